The molecule has 22 heavy (non-hydrogen) atoms. The average molecular weight is 301 g/mol. The van der Waals surface area contributed by atoms with E-state index in [0.29, 0.717) is 17.3 Å². The summed E-state index contributed by atoms with van der Waals surface area (Å²) in [6.07, 6.45) is 3.50. The molecule has 1 fully saturated rings. The van der Waals surface area contributed by atoms with E-state index in [4.69, 9.17) is 5.11 Å². The molecule has 2 aliphatic rings. The molecule has 0 aliphatic carbocycles. The van der Waals surface area contributed by atoms with Gasteiger partial charge in [0, 0.05) is 36.6 Å². The minimum absolute atomic E-state index is 0.390. The molecule has 116 valence electrons. The molecule has 0 amide bonds. The fraction of sp³-hybridized carbons (Fsp3) is 0.438. The molecule has 2 atom stereocenters. The van der Waals surface area contributed by atoms with Gasteiger partial charge in [-0.2, -0.15) is 0 Å². The van der Waals surface area contributed by atoms with Crippen LogP contribution in [-0.2, 0) is 4.79 Å². The lowest BCUT2D eigenvalue weighted by molar-refractivity contribution is -0.137. The van der Waals surface area contributed by atoms with Gasteiger partial charge >= 0.3 is 5.97 Å². The molecule has 2 N–H and O–H groups in total. The second-order valence-corrected chi connectivity index (χ2v) is 5.73. The molecule has 2 aliphatic heterocycles. The number of piperidine rings is 1. The van der Waals surface area contributed by atoms with E-state index in [0.717, 1.165) is 31.6 Å². The molecular weight excluding hydrogens is 282 g/mol. The number of benzene rings is 1. The molecule has 1 saturated heterocycles. The average Bonchev–Trinajstić information content (AvgIpc) is 2.54. The third-order valence-corrected chi connectivity index (χ3v) is 4.35. The van der Waals surface area contributed by atoms with E-state index in [-0.39, 0.29) is 0 Å². The largest absolute Gasteiger partial charge is 0.480 e. The minimum Gasteiger partial charge on any atom is -0.480 e. The van der Waals surface area contributed by atoms with E-state index in [2.05, 4.69) is 15.2 Å². The first-order valence-corrected chi connectivity index (χ1v) is 7.47. The van der Waals surface area contributed by atoms with Gasteiger partial charge in [-0.3, -0.25) is 14.6 Å². The summed E-state index contributed by atoms with van der Waals surface area (Å²) in [5.41, 5.74) is 1.98. The zero-order valence-corrected chi connectivity index (χ0v) is 12.5. The maximum absolute atomic E-state index is 12.1. The van der Waals surface area contributed by atoms with Crippen molar-refractivity contribution >= 4 is 29.3 Å². The number of rotatable bonds is 3. The maximum atomic E-state index is 12.1. The van der Waals surface area contributed by atoms with Crippen LogP contribution < -0.4 is 10.2 Å². The van der Waals surface area contributed by atoms with E-state index in [1.54, 1.807) is 6.07 Å². The standard InChI is InChI=1S/C16H19N3O3/c1-17-10-3-2-6-19(9-10)11-4-5-12-14(7-11)18-8-13(15(12)20)16(21)22/h4-5,7-8,10,13,17H,2-3,6,9H2,1H3,(H,21,22). The molecule has 0 spiro atoms. The third-order valence-electron chi connectivity index (χ3n) is 4.35. The second-order valence-electron chi connectivity index (χ2n) is 5.73. The fourth-order valence-corrected chi connectivity index (χ4v) is 3.05. The summed E-state index contributed by atoms with van der Waals surface area (Å²) < 4.78 is 0. The van der Waals surface area contributed by atoms with Crippen molar-refractivity contribution in [2.45, 2.75) is 18.9 Å². The zero-order chi connectivity index (χ0) is 15.7. The molecule has 1 aromatic rings. The van der Waals surface area contributed by atoms with Crippen molar-refractivity contribution in [3.63, 3.8) is 0 Å². The van der Waals surface area contributed by atoms with Crippen LogP contribution in [0.1, 0.15) is 23.2 Å². The third kappa shape index (κ3) is 2.62. The molecule has 0 bridgehead atoms. The molecular formula is C16H19N3O3. The fourth-order valence-electron chi connectivity index (χ4n) is 3.05. The van der Waals surface area contributed by atoms with E-state index in [9.17, 15) is 9.59 Å². The number of aliphatic imine (C=N–C) groups is 1. The number of nitrogens with one attached hydrogen (secondary N) is 1. The molecule has 0 radical (unpaired) electrons. The summed E-state index contributed by atoms with van der Waals surface area (Å²) in [4.78, 5) is 29.6. The van der Waals surface area contributed by atoms with Crippen molar-refractivity contribution in [3.8, 4) is 0 Å². The highest BCUT2D eigenvalue weighted by molar-refractivity contribution is 6.22. The van der Waals surface area contributed by atoms with Gasteiger partial charge in [0.15, 0.2) is 11.7 Å². The predicted octanol–water partition coefficient (Wildman–Crippen LogP) is 1.47. The molecule has 3 rings (SSSR count). The van der Waals surface area contributed by atoms with Crippen LogP contribution in [0.4, 0.5) is 11.4 Å². The van der Waals surface area contributed by atoms with E-state index in [1.807, 2.05) is 19.2 Å². The van der Waals surface area contributed by atoms with Crippen LogP contribution in [0.2, 0.25) is 0 Å². The Morgan fingerprint density at radius 2 is 2.27 bits per heavy atom. The number of anilines is 1. The van der Waals surface area contributed by atoms with Crippen LogP contribution in [0.15, 0.2) is 23.2 Å². The van der Waals surface area contributed by atoms with Crippen molar-refractivity contribution in [2.24, 2.45) is 10.9 Å². The van der Waals surface area contributed by atoms with Crippen molar-refractivity contribution in [2.75, 3.05) is 25.0 Å². The van der Waals surface area contributed by atoms with Crippen LogP contribution in [0, 0.1) is 5.92 Å². The van der Waals surface area contributed by atoms with Gasteiger partial charge in [-0.15, -0.1) is 0 Å². The number of hydrogen-bond donors (Lipinski definition) is 2. The molecule has 6 heteroatoms. The number of fused-ring (bicyclic) bond motifs is 1. The summed E-state index contributed by atoms with van der Waals surface area (Å²) in [6, 6.07) is 5.92. The van der Waals surface area contributed by atoms with E-state index < -0.39 is 17.7 Å². The van der Waals surface area contributed by atoms with Gasteiger partial charge in [-0.25, -0.2) is 0 Å². The first-order chi connectivity index (χ1) is 10.6. The number of hydrogen-bond acceptors (Lipinski definition) is 5. The van der Waals surface area contributed by atoms with Crippen LogP contribution in [0.5, 0.6) is 0 Å². The molecule has 0 saturated carbocycles. The van der Waals surface area contributed by atoms with Gasteiger partial charge in [0.1, 0.15) is 0 Å². The Bertz CT molecular complexity index is 642. The Morgan fingerprint density at radius 3 is 3.00 bits per heavy atom. The summed E-state index contributed by atoms with van der Waals surface area (Å²) in [5.74, 6) is -2.71. The van der Waals surface area contributed by atoms with E-state index in [1.165, 1.54) is 6.21 Å². The number of nitrogens with zero attached hydrogens (tertiary/aromatic N) is 2. The highest BCUT2D eigenvalue weighted by Crippen LogP contribution is 2.31. The van der Waals surface area contributed by atoms with Gasteiger partial charge in [0.2, 0.25) is 0 Å². The predicted molar refractivity (Wildman–Crippen MR) is 84.3 cm³/mol. The van der Waals surface area contributed by atoms with Gasteiger partial charge in [0.05, 0.1) is 5.69 Å². The number of ketones is 1. The molecule has 2 heterocycles. The number of carbonyl (C=O) groups is 2. The molecule has 2 unspecified atom stereocenters. The normalized spacial score (nSPS) is 24.2. The highest BCUT2D eigenvalue weighted by atomic mass is 16.4. The van der Waals surface area contributed by atoms with Gasteiger partial charge < -0.3 is 15.3 Å². The number of carboxylic acid groups (broad SMARTS) is 1. The SMILES string of the molecule is CNC1CCCN(c2ccc3c(c2)N=CC(C(=O)O)C3=O)C1. The maximum Gasteiger partial charge on any atom is 0.319 e. The van der Waals surface area contributed by atoms with Crippen molar-refractivity contribution in [3.05, 3.63) is 23.8 Å². The monoisotopic (exact) mass is 301 g/mol. The quantitative estimate of drug-likeness (QED) is 0.826. The Morgan fingerprint density at radius 1 is 1.45 bits per heavy atom. The summed E-state index contributed by atoms with van der Waals surface area (Å²) in [6.45, 7) is 1.90. The first-order valence-electron chi connectivity index (χ1n) is 7.47. The topological polar surface area (TPSA) is 82.0 Å². The summed E-state index contributed by atoms with van der Waals surface area (Å²) >= 11 is 0. The molecule has 1 aromatic carbocycles. The van der Waals surface area contributed by atoms with Gasteiger partial charge in [-0.1, -0.05) is 0 Å². The number of likely N-dealkylation sites (N-methyl/N-ethyl adjacent to an activating group) is 1. The number of carboxylic acids is 1. The van der Waals surface area contributed by atoms with Crippen LogP contribution in [0.3, 0.4) is 0 Å². The lowest BCUT2D eigenvalue weighted by Crippen LogP contribution is -2.44. The highest BCUT2D eigenvalue weighted by Gasteiger charge is 2.31. The van der Waals surface area contributed by atoms with Crippen molar-refractivity contribution < 1.29 is 14.7 Å². The van der Waals surface area contributed by atoms with Crippen molar-refractivity contribution in [1.29, 1.82) is 0 Å². The zero-order valence-electron chi connectivity index (χ0n) is 12.5. The molecule has 6 nitrogen and oxygen atoms in total. The summed E-state index contributed by atoms with van der Waals surface area (Å²) in [7, 11) is 1.97. The van der Waals surface area contributed by atoms with Crippen LogP contribution in [0.25, 0.3) is 0 Å². The van der Waals surface area contributed by atoms with Gasteiger partial charge in [-0.05, 0) is 38.1 Å². The summed E-state index contributed by atoms with van der Waals surface area (Å²) in [5, 5.41) is 12.3. The Kier molecular flexibility index (Phi) is 3.94. The number of aliphatic carboxylic acids is 1. The Labute approximate surface area is 128 Å². The Hall–Kier alpha value is -2.21. The smallest absolute Gasteiger partial charge is 0.319 e. The number of carbonyl (C=O) groups excluding carboxylic acids is 1. The lowest BCUT2D eigenvalue weighted by Gasteiger charge is -2.34. The van der Waals surface area contributed by atoms with Crippen LogP contribution in [-0.4, -0.2) is 49.3 Å². The van der Waals surface area contributed by atoms with Gasteiger partial charge in [0.25, 0.3) is 0 Å². The lowest BCUT2D eigenvalue weighted by atomic mass is 9.94. The minimum atomic E-state index is -1.16. The molecule has 0 aromatic heterocycles. The van der Waals surface area contributed by atoms with Crippen LogP contribution >= 0.6 is 0 Å². The second kappa shape index (κ2) is 5.88. The number of Topliss-reactive ketones (excluding diaryl/α,β-unsaturated/α-hetero) is 1. The van der Waals surface area contributed by atoms with Crippen molar-refractivity contribution in [1.82, 2.24) is 5.32 Å². The first kappa shape index (κ1) is 14.7. The van der Waals surface area contributed by atoms with E-state index >= 15 is 0 Å². The Balaban J connectivity index is 1.86.